The zero-order valence-corrected chi connectivity index (χ0v) is 12.2. The van der Waals surface area contributed by atoms with Gasteiger partial charge in [0.1, 0.15) is 0 Å². The Kier molecular flexibility index (Phi) is 4.05. The molecule has 0 fully saturated rings. The highest BCUT2D eigenvalue weighted by Gasteiger charge is 2.05. The summed E-state index contributed by atoms with van der Waals surface area (Å²) in [6.45, 7) is 4.32. The Balaban J connectivity index is 2.14. The predicted octanol–water partition coefficient (Wildman–Crippen LogP) is 4.77. The topological polar surface area (TPSA) is 12.0 Å². The molecule has 0 amide bonds. The average Bonchev–Trinajstić information content (AvgIpc) is 2.33. The van der Waals surface area contributed by atoms with Crippen LogP contribution in [0.2, 0.25) is 0 Å². The fraction of sp³-hybridized carbons (Fsp3) is 0.200. The van der Waals surface area contributed by atoms with E-state index in [1.807, 2.05) is 0 Å². The molecular formula is C15H16IN. The monoisotopic (exact) mass is 337 g/mol. The van der Waals surface area contributed by atoms with Crippen LogP contribution >= 0.6 is 22.6 Å². The van der Waals surface area contributed by atoms with Crippen molar-refractivity contribution in [2.24, 2.45) is 0 Å². The van der Waals surface area contributed by atoms with Crippen molar-refractivity contribution in [1.82, 2.24) is 0 Å². The summed E-state index contributed by atoms with van der Waals surface area (Å²) in [5.74, 6) is 0. The normalized spacial score (nSPS) is 12.2. The van der Waals surface area contributed by atoms with E-state index in [-0.39, 0.29) is 0 Å². The highest BCUT2D eigenvalue weighted by atomic mass is 127. The summed E-state index contributed by atoms with van der Waals surface area (Å²) in [4.78, 5) is 0. The van der Waals surface area contributed by atoms with Gasteiger partial charge in [0.2, 0.25) is 0 Å². The van der Waals surface area contributed by atoms with Crippen LogP contribution < -0.4 is 5.32 Å². The minimum atomic E-state index is 0.327. The standard InChI is InChI=1S/C15H16IN/c1-11-5-3-4-6-15(11)17-12(2)13-7-9-14(16)10-8-13/h3-10,12,17H,1-2H3. The molecule has 1 unspecified atom stereocenters. The largest absolute Gasteiger partial charge is 0.378 e. The third kappa shape index (κ3) is 3.22. The minimum Gasteiger partial charge on any atom is -0.378 e. The van der Waals surface area contributed by atoms with Crippen LogP contribution in [0.15, 0.2) is 48.5 Å². The lowest BCUT2D eigenvalue weighted by Gasteiger charge is -2.17. The Morgan fingerprint density at radius 3 is 2.29 bits per heavy atom. The molecule has 2 aromatic carbocycles. The van der Waals surface area contributed by atoms with Crippen molar-refractivity contribution in [2.45, 2.75) is 19.9 Å². The molecule has 1 N–H and O–H groups in total. The molecule has 88 valence electrons. The van der Waals surface area contributed by atoms with Crippen molar-refractivity contribution in [3.63, 3.8) is 0 Å². The Morgan fingerprint density at radius 1 is 1.00 bits per heavy atom. The zero-order chi connectivity index (χ0) is 12.3. The molecule has 0 radical (unpaired) electrons. The van der Waals surface area contributed by atoms with Crippen molar-refractivity contribution < 1.29 is 0 Å². The minimum absolute atomic E-state index is 0.327. The summed E-state index contributed by atoms with van der Waals surface area (Å²) in [5.41, 5.74) is 3.80. The Hall–Kier alpha value is -1.03. The van der Waals surface area contributed by atoms with E-state index < -0.39 is 0 Å². The SMILES string of the molecule is Cc1ccccc1NC(C)c1ccc(I)cc1. The van der Waals surface area contributed by atoms with Gasteiger partial charge in [-0.05, 0) is 65.8 Å². The number of hydrogen-bond donors (Lipinski definition) is 1. The molecule has 0 bridgehead atoms. The molecule has 2 rings (SSSR count). The van der Waals surface area contributed by atoms with E-state index in [9.17, 15) is 0 Å². The van der Waals surface area contributed by atoms with E-state index >= 15 is 0 Å². The summed E-state index contributed by atoms with van der Waals surface area (Å²) in [6, 6.07) is 17.4. The summed E-state index contributed by atoms with van der Waals surface area (Å²) >= 11 is 2.33. The lowest BCUT2D eigenvalue weighted by molar-refractivity contribution is 0.882. The maximum atomic E-state index is 3.54. The van der Waals surface area contributed by atoms with E-state index in [1.165, 1.54) is 20.4 Å². The number of aryl methyl sites for hydroxylation is 1. The maximum absolute atomic E-state index is 3.54. The molecule has 0 aliphatic carbocycles. The molecule has 0 saturated heterocycles. The average molecular weight is 337 g/mol. The second-order valence-electron chi connectivity index (χ2n) is 4.23. The molecule has 2 heteroatoms. The van der Waals surface area contributed by atoms with Gasteiger partial charge in [0.15, 0.2) is 0 Å². The number of rotatable bonds is 3. The van der Waals surface area contributed by atoms with Gasteiger partial charge in [-0.3, -0.25) is 0 Å². The van der Waals surface area contributed by atoms with E-state index in [0.29, 0.717) is 6.04 Å². The number of halogens is 1. The van der Waals surface area contributed by atoms with Crippen LogP contribution in [0.3, 0.4) is 0 Å². The van der Waals surface area contributed by atoms with Gasteiger partial charge in [-0.25, -0.2) is 0 Å². The van der Waals surface area contributed by atoms with Crippen LogP contribution in [-0.2, 0) is 0 Å². The molecular weight excluding hydrogens is 321 g/mol. The van der Waals surface area contributed by atoms with Gasteiger partial charge in [0.25, 0.3) is 0 Å². The first-order chi connectivity index (χ1) is 8.16. The smallest absolute Gasteiger partial charge is 0.0485 e. The summed E-state index contributed by atoms with van der Waals surface area (Å²) in [7, 11) is 0. The molecule has 0 aliphatic rings. The second kappa shape index (κ2) is 5.54. The van der Waals surface area contributed by atoms with Crippen molar-refractivity contribution in [2.75, 3.05) is 5.32 Å². The van der Waals surface area contributed by atoms with E-state index in [4.69, 9.17) is 0 Å². The molecule has 0 aromatic heterocycles. The Labute approximate surface area is 116 Å². The molecule has 2 aromatic rings. The first-order valence-corrected chi connectivity index (χ1v) is 6.82. The fourth-order valence-corrected chi connectivity index (χ4v) is 2.16. The molecule has 1 nitrogen and oxygen atoms in total. The highest BCUT2D eigenvalue weighted by molar-refractivity contribution is 14.1. The number of hydrogen-bond acceptors (Lipinski definition) is 1. The van der Waals surface area contributed by atoms with E-state index in [1.54, 1.807) is 0 Å². The van der Waals surface area contributed by atoms with Crippen LogP contribution in [0.25, 0.3) is 0 Å². The number of anilines is 1. The van der Waals surface area contributed by atoms with Crippen LogP contribution in [0.4, 0.5) is 5.69 Å². The quantitative estimate of drug-likeness (QED) is 0.796. The van der Waals surface area contributed by atoms with Crippen molar-refractivity contribution in [3.8, 4) is 0 Å². The van der Waals surface area contributed by atoms with Gasteiger partial charge in [0, 0.05) is 15.3 Å². The fourth-order valence-electron chi connectivity index (χ4n) is 1.80. The predicted molar refractivity (Wildman–Crippen MR) is 82.4 cm³/mol. The Bertz CT molecular complexity index is 491. The summed E-state index contributed by atoms with van der Waals surface area (Å²) in [5, 5.41) is 3.54. The third-order valence-electron chi connectivity index (χ3n) is 2.89. The molecule has 17 heavy (non-hydrogen) atoms. The van der Waals surface area contributed by atoms with Gasteiger partial charge >= 0.3 is 0 Å². The van der Waals surface area contributed by atoms with Crippen molar-refractivity contribution in [3.05, 3.63) is 63.2 Å². The van der Waals surface area contributed by atoms with Crippen LogP contribution in [0.1, 0.15) is 24.1 Å². The van der Waals surface area contributed by atoms with Crippen molar-refractivity contribution >= 4 is 28.3 Å². The number of nitrogens with one attached hydrogen (secondary N) is 1. The van der Waals surface area contributed by atoms with Crippen LogP contribution in [0, 0.1) is 10.5 Å². The maximum Gasteiger partial charge on any atom is 0.0485 e. The second-order valence-corrected chi connectivity index (χ2v) is 5.48. The lowest BCUT2D eigenvalue weighted by Crippen LogP contribution is -2.07. The lowest BCUT2D eigenvalue weighted by atomic mass is 10.1. The van der Waals surface area contributed by atoms with E-state index in [0.717, 1.165) is 0 Å². The van der Waals surface area contributed by atoms with Gasteiger partial charge in [-0.2, -0.15) is 0 Å². The summed E-state index contributed by atoms with van der Waals surface area (Å²) in [6.07, 6.45) is 0. The number of para-hydroxylation sites is 1. The first-order valence-electron chi connectivity index (χ1n) is 5.74. The third-order valence-corrected chi connectivity index (χ3v) is 3.61. The zero-order valence-electron chi connectivity index (χ0n) is 10.1. The molecule has 0 saturated carbocycles. The van der Waals surface area contributed by atoms with Crippen molar-refractivity contribution in [1.29, 1.82) is 0 Å². The number of benzene rings is 2. The Morgan fingerprint density at radius 2 is 1.65 bits per heavy atom. The molecule has 0 aliphatic heterocycles. The van der Waals surface area contributed by atoms with Gasteiger partial charge in [0.05, 0.1) is 0 Å². The first kappa shape index (κ1) is 12.4. The van der Waals surface area contributed by atoms with Crippen LogP contribution in [-0.4, -0.2) is 0 Å². The highest BCUT2D eigenvalue weighted by Crippen LogP contribution is 2.22. The van der Waals surface area contributed by atoms with Gasteiger partial charge in [-0.1, -0.05) is 30.3 Å². The van der Waals surface area contributed by atoms with E-state index in [2.05, 4.69) is 90.3 Å². The summed E-state index contributed by atoms with van der Waals surface area (Å²) < 4.78 is 1.27. The molecule has 0 spiro atoms. The van der Waals surface area contributed by atoms with Crippen LogP contribution in [0.5, 0.6) is 0 Å². The molecule has 1 atom stereocenters. The van der Waals surface area contributed by atoms with Gasteiger partial charge in [-0.15, -0.1) is 0 Å². The van der Waals surface area contributed by atoms with Gasteiger partial charge < -0.3 is 5.32 Å². The molecule has 0 heterocycles.